The summed E-state index contributed by atoms with van der Waals surface area (Å²) in [6.45, 7) is 2.09. The number of nitriles is 1. The molecule has 0 aliphatic rings. The Balaban J connectivity index is 1.75. The first-order valence-electron chi connectivity index (χ1n) is 9.36. The Morgan fingerprint density at radius 1 is 1.11 bits per heavy atom. The van der Waals surface area contributed by atoms with E-state index in [9.17, 15) is 0 Å². The van der Waals surface area contributed by atoms with Crippen molar-refractivity contribution >= 4 is 22.7 Å². The molecule has 0 atom stereocenters. The number of aryl methyl sites for hydroxylation is 1. The summed E-state index contributed by atoms with van der Waals surface area (Å²) in [5, 5.41) is 19.8. The highest BCUT2D eigenvalue weighted by Crippen LogP contribution is 2.32. The molecule has 28 heavy (non-hydrogen) atoms. The maximum Gasteiger partial charge on any atom is 0.196 e. The van der Waals surface area contributed by atoms with Gasteiger partial charge in [-0.15, -0.1) is 10.2 Å². The van der Waals surface area contributed by atoms with Gasteiger partial charge in [-0.2, -0.15) is 5.26 Å². The fraction of sp³-hybridized carbons (Fsp3) is 0.227. The number of benzene rings is 2. The molecule has 0 aliphatic carbocycles. The highest BCUT2D eigenvalue weighted by Gasteiger charge is 2.18. The standard InChI is InChI=1S/C22H21N5S/c1-16-8-7-9-17(14-16)27-21(19-15-24-20-11-4-3-10-18(19)20)25-26-22(27)28-13-6-2-5-12-23/h3-4,7-11,14-15,24H,2,5-6,13H2,1H3. The molecule has 4 rings (SSSR count). The SMILES string of the molecule is Cc1cccc(-n2c(SCCCCC#N)nnc2-c2c[nH]c3ccccc23)c1. The molecular formula is C22H21N5S. The number of aromatic nitrogens is 4. The Hall–Kier alpha value is -3.04. The molecule has 0 bridgehead atoms. The summed E-state index contributed by atoms with van der Waals surface area (Å²) >= 11 is 1.69. The third-order valence-electron chi connectivity index (χ3n) is 4.64. The zero-order chi connectivity index (χ0) is 19.3. The predicted octanol–water partition coefficient (Wildman–Crippen LogP) is 5.51. The molecule has 0 radical (unpaired) electrons. The van der Waals surface area contributed by atoms with Crippen LogP contribution in [-0.2, 0) is 0 Å². The highest BCUT2D eigenvalue weighted by molar-refractivity contribution is 7.99. The van der Waals surface area contributed by atoms with Gasteiger partial charge in [-0.05, 0) is 43.5 Å². The van der Waals surface area contributed by atoms with E-state index in [0.717, 1.165) is 51.7 Å². The Labute approximate surface area is 168 Å². The number of hydrogen-bond donors (Lipinski definition) is 1. The first-order valence-corrected chi connectivity index (χ1v) is 10.3. The minimum Gasteiger partial charge on any atom is -0.360 e. The number of nitrogens with one attached hydrogen (secondary N) is 1. The number of para-hydroxylation sites is 1. The molecule has 0 unspecified atom stereocenters. The lowest BCUT2D eigenvalue weighted by atomic mass is 10.1. The van der Waals surface area contributed by atoms with Crippen LogP contribution in [0.2, 0.25) is 0 Å². The van der Waals surface area contributed by atoms with Crippen molar-refractivity contribution in [2.45, 2.75) is 31.3 Å². The van der Waals surface area contributed by atoms with E-state index in [1.807, 2.05) is 18.3 Å². The lowest BCUT2D eigenvalue weighted by molar-refractivity contribution is 0.822. The molecule has 1 N–H and O–H groups in total. The largest absolute Gasteiger partial charge is 0.360 e. The van der Waals surface area contributed by atoms with Crippen molar-refractivity contribution in [1.82, 2.24) is 19.7 Å². The Morgan fingerprint density at radius 2 is 2.00 bits per heavy atom. The Bertz CT molecular complexity index is 1140. The van der Waals surface area contributed by atoms with Crippen molar-refractivity contribution < 1.29 is 0 Å². The van der Waals surface area contributed by atoms with Crippen molar-refractivity contribution in [2.24, 2.45) is 0 Å². The lowest BCUT2D eigenvalue weighted by Gasteiger charge is -2.10. The molecule has 2 aromatic heterocycles. The van der Waals surface area contributed by atoms with Crippen molar-refractivity contribution in [3.63, 3.8) is 0 Å². The Kier molecular flexibility index (Phi) is 5.45. The van der Waals surface area contributed by atoms with Gasteiger partial charge in [0, 0.05) is 40.5 Å². The van der Waals surface area contributed by atoms with Gasteiger partial charge < -0.3 is 4.98 Å². The van der Waals surface area contributed by atoms with E-state index in [4.69, 9.17) is 5.26 Å². The molecule has 0 spiro atoms. The van der Waals surface area contributed by atoms with Crippen LogP contribution in [-0.4, -0.2) is 25.5 Å². The molecule has 2 heterocycles. The van der Waals surface area contributed by atoms with Crippen LogP contribution in [0.15, 0.2) is 59.9 Å². The van der Waals surface area contributed by atoms with Gasteiger partial charge in [-0.3, -0.25) is 4.57 Å². The number of H-pyrrole nitrogens is 1. The number of rotatable bonds is 7. The molecule has 2 aromatic carbocycles. The second-order valence-electron chi connectivity index (χ2n) is 6.69. The van der Waals surface area contributed by atoms with Crippen LogP contribution in [0.3, 0.4) is 0 Å². The number of hydrogen-bond acceptors (Lipinski definition) is 4. The Morgan fingerprint density at radius 3 is 2.86 bits per heavy atom. The van der Waals surface area contributed by atoms with Gasteiger partial charge in [-0.1, -0.05) is 42.1 Å². The van der Waals surface area contributed by atoms with Gasteiger partial charge in [0.2, 0.25) is 0 Å². The van der Waals surface area contributed by atoms with Crippen LogP contribution >= 0.6 is 11.8 Å². The van der Waals surface area contributed by atoms with Crippen LogP contribution in [0.5, 0.6) is 0 Å². The summed E-state index contributed by atoms with van der Waals surface area (Å²) < 4.78 is 2.14. The fourth-order valence-electron chi connectivity index (χ4n) is 3.26. The second kappa shape index (κ2) is 8.32. The molecule has 140 valence electrons. The summed E-state index contributed by atoms with van der Waals surface area (Å²) in [6.07, 6.45) is 4.51. The minimum atomic E-state index is 0.603. The maximum atomic E-state index is 8.71. The van der Waals surface area contributed by atoms with Crippen molar-refractivity contribution in [3.8, 4) is 23.1 Å². The second-order valence-corrected chi connectivity index (χ2v) is 7.75. The summed E-state index contributed by atoms with van der Waals surface area (Å²) in [7, 11) is 0. The van der Waals surface area contributed by atoms with E-state index in [-0.39, 0.29) is 0 Å². The number of aromatic amines is 1. The molecule has 0 fully saturated rings. The molecule has 0 aliphatic heterocycles. The number of fused-ring (bicyclic) bond motifs is 1. The molecule has 0 saturated heterocycles. The van der Waals surface area contributed by atoms with Gasteiger partial charge in [0.1, 0.15) is 0 Å². The van der Waals surface area contributed by atoms with E-state index in [0.29, 0.717) is 6.42 Å². The summed E-state index contributed by atoms with van der Waals surface area (Å²) in [4.78, 5) is 3.33. The summed E-state index contributed by atoms with van der Waals surface area (Å²) in [6, 6.07) is 18.8. The van der Waals surface area contributed by atoms with Crippen molar-refractivity contribution in [3.05, 3.63) is 60.3 Å². The van der Waals surface area contributed by atoms with Crippen LogP contribution in [0.1, 0.15) is 24.8 Å². The highest BCUT2D eigenvalue weighted by atomic mass is 32.2. The summed E-state index contributed by atoms with van der Waals surface area (Å²) in [5.41, 5.74) is 4.38. The van der Waals surface area contributed by atoms with E-state index in [1.54, 1.807) is 11.8 Å². The van der Waals surface area contributed by atoms with Gasteiger partial charge in [0.05, 0.1) is 6.07 Å². The third kappa shape index (κ3) is 3.67. The quantitative estimate of drug-likeness (QED) is 0.335. The first kappa shape index (κ1) is 18.3. The predicted molar refractivity (Wildman–Crippen MR) is 114 cm³/mol. The van der Waals surface area contributed by atoms with Crippen LogP contribution in [0.4, 0.5) is 0 Å². The fourth-order valence-corrected chi connectivity index (χ4v) is 4.21. The van der Waals surface area contributed by atoms with Crippen molar-refractivity contribution in [2.75, 3.05) is 5.75 Å². The molecule has 0 amide bonds. The van der Waals surface area contributed by atoms with E-state index in [2.05, 4.69) is 69.1 Å². The van der Waals surface area contributed by atoms with Gasteiger partial charge in [0.15, 0.2) is 11.0 Å². The smallest absolute Gasteiger partial charge is 0.196 e. The lowest BCUT2D eigenvalue weighted by Crippen LogP contribution is -2.00. The number of nitrogens with zero attached hydrogens (tertiary/aromatic N) is 4. The molecule has 6 heteroatoms. The average Bonchev–Trinajstić information content (AvgIpc) is 3.31. The number of thioether (sulfide) groups is 1. The zero-order valence-electron chi connectivity index (χ0n) is 15.7. The van der Waals surface area contributed by atoms with E-state index >= 15 is 0 Å². The normalized spacial score (nSPS) is 11.0. The molecule has 4 aromatic rings. The van der Waals surface area contributed by atoms with E-state index in [1.165, 1.54) is 5.56 Å². The van der Waals surface area contributed by atoms with Gasteiger partial charge in [-0.25, -0.2) is 0 Å². The van der Waals surface area contributed by atoms with Crippen LogP contribution in [0.25, 0.3) is 28.0 Å². The first-order chi connectivity index (χ1) is 13.8. The van der Waals surface area contributed by atoms with Crippen LogP contribution in [0, 0.1) is 18.3 Å². The van der Waals surface area contributed by atoms with Gasteiger partial charge >= 0.3 is 0 Å². The summed E-state index contributed by atoms with van der Waals surface area (Å²) in [5.74, 6) is 1.75. The maximum absolute atomic E-state index is 8.71. The molecule has 5 nitrogen and oxygen atoms in total. The van der Waals surface area contributed by atoms with Crippen molar-refractivity contribution in [1.29, 1.82) is 5.26 Å². The number of unbranched alkanes of at least 4 members (excludes halogenated alkanes) is 2. The minimum absolute atomic E-state index is 0.603. The van der Waals surface area contributed by atoms with E-state index < -0.39 is 0 Å². The zero-order valence-corrected chi connectivity index (χ0v) is 16.5. The van der Waals surface area contributed by atoms with Gasteiger partial charge in [0.25, 0.3) is 0 Å². The van der Waals surface area contributed by atoms with Crippen LogP contribution < -0.4 is 0 Å². The molecule has 0 saturated carbocycles. The average molecular weight is 388 g/mol. The molecular weight excluding hydrogens is 366 g/mol. The topological polar surface area (TPSA) is 70.3 Å². The third-order valence-corrected chi connectivity index (χ3v) is 5.65. The monoisotopic (exact) mass is 387 g/mol.